The highest BCUT2D eigenvalue weighted by atomic mass is 16.6. The number of hydrogen-bond donors (Lipinski definition) is 0. The average molecular weight is 435 g/mol. The molecule has 4 aliphatic carbocycles. The Morgan fingerprint density at radius 2 is 1.32 bits per heavy atom. The van der Waals surface area contributed by atoms with E-state index in [0.29, 0.717) is 24.2 Å². The number of ether oxygens (including phenoxy) is 2. The summed E-state index contributed by atoms with van der Waals surface area (Å²) in [6.45, 7) is 3.80. The second-order valence-corrected chi connectivity index (χ2v) is 10.9. The predicted molar refractivity (Wildman–Crippen MR) is 119 cm³/mol. The van der Waals surface area contributed by atoms with E-state index in [9.17, 15) is 14.4 Å². The van der Waals surface area contributed by atoms with Gasteiger partial charge in [-0.25, -0.2) is 4.79 Å². The van der Waals surface area contributed by atoms with Crippen LogP contribution in [0.2, 0.25) is 0 Å². The van der Waals surface area contributed by atoms with Crippen LogP contribution in [0.5, 0.6) is 0 Å². The predicted octanol–water partition coefficient (Wildman–Crippen LogP) is 5.78. The maximum atomic E-state index is 13.4. The first-order valence-corrected chi connectivity index (χ1v) is 12.7. The number of rotatable bonds is 13. The number of unbranched alkanes of at least 4 members (excludes halogenated alkanes) is 7. The molecule has 4 aliphatic rings. The molecule has 0 N–H and O–H groups in total. The molecule has 0 spiro atoms. The fourth-order valence-electron chi connectivity index (χ4n) is 6.70. The van der Waals surface area contributed by atoms with Crippen LogP contribution in [-0.2, 0) is 23.9 Å². The van der Waals surface area contributed by atoms with E-state index in [1.54, 1.807) is 6.92 Å². The van der Waals surface area contributed by atoms with E-state index in [-0.39, 0.29) is 0 Å². The Morgan fingerprint density at radius 1 is 0.839 bits per heavy atom. The second kappa shape index (κ2) is 10.5. The van der Waals surface area contributed by atoms with Gasteiger partial charge in [0.1, 0.15) is 11.0 Å². The zero-order valence-corrected chi connectivity index (χ0v) is 19.9. The minimum atomic E-state index is -1.45. The summed E-state index contributed by atoms with van der Waals surface area (Å²) >= 11 is 0. The van der Waals surface area contributed by atoms with Crippen molar-refractivity contribution >= 4 is 17.7 Å². The van der Waals surface area contributed by atoms with Crippen LogP contribution in [0, 0.1) is 23.2 Å². The largest absolute Gasteiger partial charge is 0.463 e. The number of Topliss-reactive ketones (excluding diaryl/α,β-unsaturated/α-hetero) is 1. The fraction of sp³-hybridized carbons (Fsp3) is 0.885. The quantitative estimate of drug-likeness (QED) is 0.159. The monoisotopic (exact) mass is 434 g/mol. The zero-order chi connectivity index (χ0) is 22.5. The van der Waals surface area contributed by atoms with E-state index in [2.05, 4.69) is 11.7 Å². The molecule has 0 aromatic rings. The van der Waals surface area contributed by atoms with Crippen molar-refractivity contribution in [3.8, 4) is 0 Å². The van der Waals surface area contributed by atoms with E-state index in [0.717, 1.165) is 38.5 Å². The molecule has 0 amide bonds. The third-order valence-electron chi connectivity index (χ3n) is 8.14. The lowest BCUT2D eigenvalue weighted by Crippen LogP contribution is -2.55. The van der Waals surface area contributed by atoms with Gasteiger partial charge in [-0.3, -0.25) is 9.59 Å². The van der Waals surface area contributed by atoms with Crippen molar-refractivity contribution in [1.82, 2.24) is 0 Å². The molecule has 4 fully saturated rings. The lowest BCUT2D eigenvalue weighted by atomic mass is 9.54. The van der Waals surface area contributed by atoms with Gasteiger partial charge in [0.15, 0.2) is 0 Å². The molecule has 0 aromatic heterocycles. The molecular weight excluding hydrogens is 392 g/mol. The number of carbonyl (C=O) groups excluding carboxylic acids is 3. The van der Waals surface area contributed by atoms with Crippen molar-refractivity contribution in [2.24, 2.45) is 23.2 Å². The molecule has 0 aromatic carbocycles. The standard InChI is InChI=1S/C26H42O5/c1-4-5-6-7-8-9-10-11-12-25(2,22(27)23(28)30-3)24(29)31-26-16-19-13-20(17-26)15-21(14-19)18-26/h19-21H,4-18H2,1-3H3/t19?,20?,21?,25-,26?/m0/s1. The minimum absolute atomic E-state index is 0.348. The number of methoxy groups -OCH3 is 1. The summed E-state index contributed by atoms with van der Waals surface area (Å²) in [5.74, 6) is -0.261. The number of hydrogen-bond acceptors (Lipinski definition) is 5. The molecule has 4 saturated carbocycles. The van der Waals surface area contributed by atoms with Gasteiger partial charge in [0, 0.05) is 0 Å². The van der Waals surface area contributed by atoms with Gasteiger partial charge in [-0.1, -0.05) is 58.3 Å². The van der Waals surface area contributed by atoms with Gasteiger partial charge in [0.25, 0.3) is 5.78 Å². The molecule has 0 heterocycles. The maximum Gasteiger partial charge on any atom is 0.375 e. The van der Waals surface area contributed by atoms with Crippen molar-refractivity contribution in [3.63, 3.8) is 0 Å². The Hall–Kier alpha value is -1.39. The van der Waals surface area contributed by atoms with E-state index in [1.165, 1.54) is 58.5 Å². The maximum absolute atomic E-state index is 13.4. The molecule has 0 saturated heterocycles. The van der Waals surface area contributed by atoms with E-state index >= 15 is 0 Å². The van der Waals surface area contributed by atoms with Crippen molar-refractivity contribution in [1.29, 1.82) is 0 Å². The van der Waals surface area contributed by atoms with Crippen LogP contribution in [0.3, 0.4) is 0 Å². The van der Waals surface area contributed by atoms with Gasteiger partial charge in [0.2, 0.25) is 0 Å². The summed E-state index contributed by atoms with van der Waals surface area (Å²) in [6.07, 6.45) is 15.9. The molecular formula is C26H42O5. The van der Waals surface area contributed by atoms with E-state index < -0.39 is 28.7 Å². The lowest BCUT2D eigenvalue weighted by molar-refractivity contribution is -0.198. The van der Waals surface area contributed by atoms with Crippen LogP contribution in [0.1, 0.15) is 110 Å². The molecule has 0 aliphatic heterocycles. The molecule has 176 valence electrons. The van der Waals surface area contributed by atoms with Gasteiger partial charge < -0.3 is 9.47 Å². The SMILES string of the molecule is CCCCCCCCCC[C@](C)(C(=O)OC12CC3CC(CC(C3)C1)C2)C(=O)C(=O)OC. The van der Waals surface area contributed by atoms with Crippen LogP contribution in [-0.4, -0.2) is 30.4 Å². The molecule has 0 unspecified atom stereocenters. The van der Waals surface area contributed by atoms with Gasteiger partial charge in [-0.05, 0) is 69.6 Å². The Labute approximate surface area is 188 Å². The van der Waals surface area contributed by atoms with Gasteiger partial charge in [-0.2, -0.15) is 0 Å². The topological polar surface area (TPSA) is 69.7 Å². The van der Waals surface area contributed by atoms with Crippen LogP contribution in [0.15, 0.2) is 0 Å². The smallest absolute Gasteiger partial charge is 0.375 e. The first kappa shape index (κ1) is 24.3. The van der Waals surface area contributed by atoms with E-state index in [4.69, 9.17) is 4.74 Å². The molecule has 5 heteroatoms. The van der Waals surface area contributed by atoms with Crippen molar-refractivity contribution in [2.75, 3.05) is 7.11 Å². The first-order chi connectivity index (χ1) is 14.8. The third-order valence-corrected chi connectivity index (χ3v) is 8.14. The number of ketones is 1. The second-order valence-electron chi connectivity index (χ2n) is 10.9. The summed E-state index contributed by atoms with van der Waals surface area (Å²) in [5.41, 5.74) is -1.86. The number of carbonyl (C=O) groups is 3. The minimum Gasteiger partial charge on any atom is -0.463 e. The van der Waals surface area contributed by atoms with Crippen LogP contribution >= 0.6 is 0 Å². The Morgan fingerprint density at radius 3 is 1.81 bits per heavy atom. The highest BCUT2D eigenvalue weighted by Crippen LogP contribution is 2.57. The van der Waals surface area contributed by atoms with Crippen LogP contribution < -0.4 is 0 Å². The van der Waals surface area contributed by atoms with Crippen molar-refractivity contribution in [3.05, 3.63) is 0 Å². The average Bonchev–Trinajstić information content (AvgIpc) is 2.72. The molecule has 4 rings (SSSR count). The first-order valence-electron chi connectivity index (χ1n) is 12.7. The molecule has 31 heavy (non-hydrogen) atoms. The van der Waals surface area contributed by atoms with Gasteiger partial charge in [0.05, 0.1) is 7.11 Å². The number of esters is 2. The summed E-state index contributed by atoms with van der Waals surface area (Å²) < 4.78 is 10.9. The summed E-state index contributed by atoms with van der Waals surface area (Å²) in [7, 11) is 1.20. The lowest BCUT2D eigenvalue weighted by Gasteiger charge is -2.56. The van der Waals surface area contributed by atoms with Gasteiger partial charge >= 0.3 is 11.9 Å². The third kappa shape index (κ3) is 5.70. The zero-order valence-electron chi connectivity index (χ0n) is 19.9. The van der Waals surface area contributed by atoms with Crippen molar-refractivity contribution in [2.45, 2.75) is 116 Å². The highest BCUT2D eigenvalue weighted by Gasteiger charge is 2.56. The molecule has 4 bridgehead atoms. The van der Waals surface area contributed by atoms with Crippen molar-refractivity contribution < 1.29 is 23.9 Å². The molecule has 5 nitrogen and oxygen atoms in total. The normalized spacial score (nSPS) is 30.6. The Balaban J connectivity index is 1.59. The highest BCUT2D eigenvalue weighted by molar-refractivity contribution is 6.39. The summed E-state index contributed by atoms with van der Waals surface area (Å²) in [6, 6.07) is 0. The summed E-state index contributed by atoms with van der Waals surface area (Å²) in [4.78, 5) is 38.4. The van der Waals surface area contributed by atoms with Gasteiger partial charge in [-0.15, -0.1) is 0 Å². The Bertz CT molecular complexity index is 619. The molecule has 1 atom stereocenters. The van der Waals surface area contributed by atoms with Crippen LogP contribution in [0.25, 0.3) is 0 Å². The van der Waals surface area contributed by atoms with E-state index in [1.807, 2.05) is 0 Å². The fourth-order valence-corrected chi connectivity index (χ4v) is 6.70. The Kier molecular flexibility index (Phi) is 8.20. The molecule has 0 radical (unpaired) electrons. The summed E-state index contributed by atoms with van der Waals surface area (Å²) in [5, 5.41) is 0. The van der Waals surface area contributed by atoms with Crippen LogP contribution in [0.4, 0.5) is 0 Å².